The van der Waals surface area contributed by atoms with Crippen LogP contribution in [0.25, 0.3) is 0 Å². The first-order valence-electron chi connectivity index (χ1n) is 9.58. The van der Waals surface area contributed by atoms with Crippen LogP contribution in [0.5, 0.6) is 0 Å². The van der Waals surface area contributed by atoms with Crippen LogP contribution in [0.1, 0.15) is 27.2 Å². The molecule has 4 rings (SSSR count). The molecule has 1 heterocycles. The zero-order chi connectivity index (χ0) is 21.8. The normalized spacial score (nSPS) is 11.1. The van der Waals surface area contributed by atoms with Crippen LogP contribution in [-0.2, 0) is 10.3 Å². The molecule has 31 heavy (non-hydrogen) atoms. The van der Waals surface area contributed by atoms with Gasteiger partial charge in [-0.15, -0.1) is 0 Å². The third kappa shape index (κ3) is 3.36. The summed E-state index contributed by atoms with van der Waals surface area (Å²) in [4.78, 5) is 23.4. The predicted octanol–water partition coefficient (Wildman–Crippen LogP) is 4.42. The number of aromatic nitrogens is 2. The van der Waals surface area contributed by atoms with E-state index >= 15 is 0 Å². The summed E-state index contributed by atoms with van der Waals surface area (Å²) in [6.45, 7) is 0. The summed E-state index contributed by atoms with van der Waals surface area (Å²) in [6.07, 6.45) is 1.29. The van der Waals surface area contributed by atoms with Crippen LogP contribution in [0.3, 0.4) is 0 Å². The third-order valence-corrected chi connectivity index (χ3v) is 5.19. The van der Waals surface area contributed by atoms with E-state index in [1.165, 1.54) is 18.0 Å². The lowest BCUT2D eigenvalue weighted by molar-refractivity contribution is -0.385. The van der Waals surface area contributed by atoms with Gasteiger partial charge in [-0.2, -0.15) is 5.10 Å². The zero-order valence-corrected chi connectivity index (χ0v) is 16.7. The zero-order valence-electron chi connectivity index (χ0n) is 16.7. The van der Waals surface area contributed by atoms with Crippen LogP contribution < -0.4 is 0 Å². The lowest BCUT2D eigenvalue weighted by Gasteiger charge is -2.36. The summed E-state index contributed by atoms with van der Waals surface area (Å²) < 4.78 is 6.23. The van der Waals surface area contributed by atoms with E-state index in [2.05, 4.69) is 5.10 Å². The number of nitrogens with zero attached hydrogens (tertiary/aromatic N) is 3. The Balaban J connectivity index is 2.14. The highest BCUT2D eigenvalue weighted by Gasteiger charge is 2.42. The first kappa shape index (κ1) is 20.0. The average molecular weight is 413 g/mol. The molecule has 0 aliphatic carbocycles. The van der Waals surface area contributed by atoms with Gasteiger partial charge < -0.3 is 4.74 Å². The first-order chi connectivity index (χ1) is 15.1. The van der Waals surface area contributed by atoms with Gasteiger partial charge in [-0.3, -0.25) is 10.1 Å². The molecule has 0 bridgehead atoms. The molecular formula is C24H19N3O4. The highest BCUT2D eigenvalue weighted by molar-refractivity contribution is 5.91. The number of hydrogen-bond acceptors (Lipinski definition) is 5. The van der Waals surface area contributed by atoms with Crippen molar-refractivity contribution in [3.63, 3.8) is 0 Å². The Hall–Kier alpha value is -4.26. The maximum atomic E-state index is 12.3. The molecule has 0 unspecified atom stereocenters. The molecule has 0 amide bonds. The number of esters is 1. The SMILES string of the molecule is COC(=O)c1nn(C(c2ccccc2)(c2ccccc2)c2ccccc2)cc1[N+](=O)[O-]. The van der Waals surface area contributed by atoms with E-state index in [1.807, 2.05) is 91.0 Å². The van der Waals surface area contributed by atoms with Crippen molar-refractivity contribution in [3.8, 4) is 0 Å². The Morgan fingerprint density at radius 3 is 1.65 bits per heavy atom. The fourth-order valence-electron chi connectivity index (χ4n) is 3.85. The molecule has 7 nitrogen and oxygen atoms in total. The Labute approximate surface area is 178 Å². The van der Waals surface area contributed by atoms with Crippen LogP contribution in [0.2, 0.25) is 0 Å². The number of carbonyl (C=O) groups is 1. The van der Waals surface area contributed by atoms with Crippen LogP contribution in [-0.4, -0.2) is 27.8 Å². The van der Waals surface area contributed by atoms with Gasteiger partial charge in [0.15, 0.2) is 0 Å². The molecule has 4 aromatic rings. The largest absolute Gasteiger partial charge is 0.464 e. The van der Waals surface area contributed by atoms with Gasteiger partial charge in [0.25, 0.3) is 0 Å². The lowest BCUT2D eigenvalue weighted by Crippen LogP contribution is -2.38. The number of methoxy groups -OCH3 is 1. The second kappa shape index (κ2) is 8.23. The quantitative estimate of drug-likeness (QED) is 0.202. The van der Waals surface area contributed by atoms with Gasteiger partial charge >= 0.3 is 11.7 Å². The molecule has 3 aromatic carbocycles. The van der Waals surface area contributed by atoms with Crippen molar-refractivity contribution in [2.75, 3.05) is 7.11 Å². The Morgan fingerprint density at radius 2 is 1.29 bits per heavy atom. The number of nitro groups is 1. The second-order valence-electron chi connectivity index (χ2n) is 6.86. The number of rotatable bonds is 6. The van der Waals surface area contributed by atoms with Crippen LogP contribution >= 0.6 is 0 Å². The molecule has 0 N–H and O–H groups in total. The van der Waals surface area contributed by atoms with Crippen LogP contribution in [0.15, 0.2) is 97.2 Å². The van der Waals surface area contributed by atoms with E-state index < -0.39 is 22.1 Å². The van der Waals surface area contributed by atoms with Crippen molar-refractivity contribution in [2.24, 2.45) is 0 Å². The van der Waals surface area contributed by atoms with Crippen LogP contribution in [0, 0.1) is 10.1 Å². The fourth-order valence-corrected chi connectivity index (χ4v) is 3.85. The van der Waals surface area contributed by atoms with E-state index in [9.17, 15) is 14.9 Å². The molecule has 0 aliphatic rings. The van der Waals surface area contributed by atoms with E-state index in [4.69, 9.17) is 4.74 Å². The van der Waals surface area contributed by atoms with Crippen molar-refractivity contribution >= 4 is 11.7 Å². The van der Waals surface area contributed by atoms with Crippen molar-refractivity contribution in [1.29, 1.82) is 0 Å². The Bertz CT molecular complexity index is 1110. The van der Waals surface area contributed by atoms with Gasteiger partial charge in [-0.1, -0.05) is 91.0 Å². The molecule has 0 aliphatic heterocycles. The van der Waals surface area contributed by atoms with E-state index in [1.54, 1.807) is 0 Å². The van der Waals surface area contributed by atoms with Crippen molar-refractivity contribution < 1.29 is 14.5 Å². The standard InChI is InChI=1S/C24H19N3O4/c1-31-23(28)22-21(27(29)30)17-26(25-22)24(18-11-5-2-6-12-18,19-13-7-3-8-14-19)20-15-9-4-10-16-20/h2-17H,1H3. The molecule has 7 heteroatoms. The molecule has 0 radical (unpaired) electrons. The molecule has 0 spiro atoms. The Kier molecular flexibility index (Phi) is 5.32. The topological polar surface area (TPSA) is 87.3 Å². The van der Waals surface area contributed by atoms with Crippen molar-refractivity contribution in [1.82, 2.24) is 9.78 Å². The van der Waals surface area contributed by atoms with E-state index in [0.717, 1.165) is 16.7 Å². The maximum Gasteiger partial charge on any atom is 0.365 e. The minimum atomic E-state index is -1.05. The highest BCUT2D eigenvalue weighted by Crippen LogP contribution is 2.41. The van der Waals surface area contributed by atoms with Crippen molar-refractivity contribution in [2.45, 2.75) is 5.54 Å². The van der Waals surface area contributed by atoms with E-state index in [-0.39, 0.29) is 5.69 Å². The van der Waals surface area contributed by atoms with E-state index in [0.29, 0.717) is 0 Å². The first-order valence-corrected chi connectivity index (χ1v) is 9.58. The number of ether oxygens (including phenoxy) is 1. The highest BCUT2D eigenvalue weighted by atomic mass is 16.6. The van der Waals surface area contributed by atoms with Gasteiger partial charge in [0.1, 0.15) is 11.7 Å². The molecule has 0 saturated carbocycles. The third-order valence-electron chi connectivity index (χ3n) is 5.19. The van der Waals surface area contributed by atoms with Gasteiger partial charge in [0.2, 0.25) is 5.69 Å². The summed E-state index contributed by atoms with van der Waals surface area (Å²) in [6, 6.07) is 28.7. The molecule has 0 atom stereocenters. The average Bonchev–Trinajstić information content (AvgIpc) is 3.27. The minimum absolute atomic E-state index is 0.348. The lowest BCUT2D eigenvalue weighted by atomic mass is 9.77. The molecule has 0 saturated heterocycles. The van der Waals surface area contributed by atoms with Crippen molar-refractivity contribution in [3.05, 3.63) is 130 Å². The molecule has 154 valence electrons. The van der Waals surface area contributed by atoms with Gasteiger partial charge in [-0.05, 0) is 16.7 Å². The summed E-state index contributed by atoms with van der Waals surface area (Å²) in [5.41, 5.74) is 0.684. The summed E-state index contributed by atoms with van der Waals surface area (Å²) in [5.74, 6) is -0.867. The smallest absolute Gasteiger partial charge is 0.365 e. The number of benzene rings is 3. The summed E-state index contributed by atoms with van der Waals surface area (Å²) in [5, 5.41) is 16.1. The summed E-state index contributed by atoms with van der Waals surface area (Å²) >= 11 is 0. The predicted molar refractivity (Wildman–Crippen MR) is 115 cm³/mol. The number of hydrogen-bond donors (Lipinski definition) is 0. The minimum Gasteiger partial charge on any atom is -0.464 e. The summed E-state index contributed by atoms with van der Waals surface area (Å²) in [7, 11) is 1.17. The molecular weight excluding hydrogens is 394 g/mol. The Morgan fingerprint density at radius 1 is 0.871 bits per heavy atom. The second-order valence-corrected chi connectivity index (χ2v) is 6.86. The maximum absolute atomic E-state index is 12.3. The monoisotopic (exact) mass is 413 g/mol. The van der Waals surface area contributed by atoms with Gasteiger partial charge in [0, 0.05) is 0 Å². The van der Waals surface area contributed by atoms with Gasteiger partial charge in [0.05, 0.1) is 12.0 Å². The molecule has 0 fully saturated rings. The molecule has 1 aromatic heterocycles. The van der Waals surface area contributed by atoms with Crippen LogP contribution in [0.4, 0.5) is 5.69 Å². The van der Waals surface area contributed by atoms with Gasteiger partial charge in [-0.25, -0.2) is 9.48 Å². The number of carbonyl (C=O) groups excluding carboxylic acids is 1. The fraction of sp³-hybridized carbons (Fsp3) is 0.0833.